The highest BCUT2D eigenvalue weighted by Gasteiger charge is 2.34. The Morgan fingerprint density at radius 1 is 1.17 bits per heavy atom. The minimum absolute atomic E-state index is 0.370. The van der Waals surface area contributed by atoms with Gasteiger partial charge in [-0.15, -0.1) is 0 Å². The summed E-state index contributed by atoms with van der Waals surface area (Å²) in [4.78, 5) is 2.49. The second kappa shape index (κ2) is 7.85. The molecule has 2 saturated heterocycles. The summed E-state index contributed by atoms with van der Waals surface area (Å²) in [6.45, 7) is 6.64. The highest BCUT2D eigenvalue weighted by Crippen LogP contribution is 2.36. The van der Waals surface area contributed by atoms with Crippen LogP contribution in [0, 0.1) is 5.92 Å². The van der Waals surface area contributed by atoms with Crippen LogP contribution in [-0.2, 0) is 4.74 Å². The van der Waals surface area contributed by atoms with Crippen LogP contribution in [-0.4, -0.2) is 50.4 Å². The van der Waals surface area contributed by atoms with Gasteiger partial charge in [-0.2, -0.15) is 0 Å². The smallest absolute Gasteiger partial charge is 0.118 e. The summed E-state index contributed by atoms with van der Waals surface area (Å²) in [7, 11) is 3.97. The number of benzene rings is 1. The van der Waals surface area contributed by atoms with Gasteiger partial charge in [-0.25, -0.2) is 0 Å². The fourth-order valence-corrected chi connectivity index (χ4v) is 4.46. The van der Waals surface area contributed by atoms with Crippen LogP contribution in [0.5, 0.6) is 5.75 Å². The molecule has 0 saturated carbocycles. The van der Waals surface area contributed by atoms with Gasteiger partial charge in [0.05, 0.1) is 19.3 Å². The second-order valence-corrected chi connectivity index (χ2v) is 7.58. The molecule has 24 heavy (non-hydrogen) atoms. The van der Waals surface area contributed by atoms with Crippen molar-refractivity contribution in [2.75, 3.05) is 27.2 Å². The third-order valence-corrected chi connectivity index (χ3v) is 5.60. The molecule has 0 aliphatic carbocycles. The van der Waals surface area contributed by atoms with Crippen molar-refractivity contribution in [3.05, 3.63) is 29.8 Å². The maximum Gasteiger partial charge on any atom is 0.118 e. The standard InChI is InChI=1S/C20H32N2O2/c1-14-11-18(12-15(2)24-14)21-13-17-9-10-22(3)20(17)16-5-7-19(23-4)8-6-16/h5-8,14-15,17-18,20-21H,9-13H2,1-4H3/t14-,15+,17-,18?,20+/m0/s1. The Labute approximate surface area is 146 Å². The zero-order chi connectivity index (χ0) is 17.1. The van der Waals surface area contributed by atoms with E-state index >= 15 is 0 Å². The van der Waals surface area contributed by atoms with Crippen molar-refractivity contribution < 1.29 is 9.47 Å². The van der Waals surface area contributed by atoms with E-state index in [1.807, 2.05) is 0 Å². The Balaban J connectivity index is 1.61. The summed E-state index contributed by atoms with van der Waals surface area (Å²) in [6, 6.07) is 9.68. The van der Waals surface area contributed by atoms with Crippen LogP contribution in [0.25, 0.3) is 0 Å². The van der Waals surface area contributed by atoms with Gasteiger partial charge >= 0.3 is 0 Å². The summed E-state index contributed by atoms with van der Waals surface area (Å²) >= 11 is 0. The average Bonchev–Trinajstić information content (AvgIpc) is 2.93. The molecule has 1 aromatic carbocycles. The Bertz CT molecular complexity index is 509. The normalized spacial score (nSPS) is 34.4. The summed E-state index contributed by atoms with van der Waals surface area (Å²) in [5, 5.41) is 3.84. The highest BCUT2D eigenvalue weighted by molar-refractivity contribution is 5.30. The molecule has 1 N–H and O–H groups in total. The predicted octanol–water partition coefficient (Wildman–Crippen LogP) is 3.23. The number of hydrogen-bond acceptors (Lipinski definition) is 4. The van der Waals surface area contributed by atoms with Gasteiger partial charge in [0.1, 0.15) is 5.75 Å². The summed E-state index contributed by atoms with van der Waals surface area (Å²) in [5.74, 6) is 1.59. The van der Waals surface area contributed by atoms with Crippen LogP contribution in [0.2, 0.25) is 0 Å². The molecule has 2 aliphatic heterocycles. The minimum atomic E-state index is 0.370. The Hall–Kier alpha value is -1.10. The van der Waals surface area contributed by atoms with Crippen molar-refractivity contribution in [1.82, 2.24) is 10.2 Å². The molecule has 1 aromatic rings. The van der Waals surface area contributed by atoms with Gasteiger partial charge in [0.2, 0.25) is 0 Å². The fraction of sp³-hybridized carbons (Fsp3) is 0.700. The molecule has 0 aromatic heterocycles. The van der Waals surface area contributed by atoms with E-state index in [9.17, 15) is 0 Å². The summed E-state index contributed by atoms with van der Waals surface area (Å²) in [5.41, 5.74) is 1.40. The lowest BCUT2D eigenvalue weighted by Crippen LogP contribution is -2.43. The Morgan fingerprint density at radius 2 is 1.83 bits per heavy atom. The van der Waals surface area contributed by atoms with E-state index < -0.39 is 0 Å². The summed E-state index contributed by atoms with van der Waals surface area (Å²) in [6.07, 6.45) is 4.25. The molecule has 4 heteroatoms. The molecule has 2 aliphatic rings. The minimum Gasteiger partial charge on any atom is -0.497 e. The van der Waals surface area contributed by atoms with Gasteiger partial charge in [0.15, 0.2) is 0 Å². The van der Waals surface area contributed by atoms with Crippen molar-refractivity contribution in [2.45, 2.75) is 57.4 Å². The van der Waals surface area contributed by atoms with E-state index in [1.54, 1.807) is 7.11 Å². The zero-order valence-corrected chi connectivity index (χ0v) is 15.5. The third kappa shape index (κ3) is 4.11. The first-order valence-corrected chi connectivity index (χ1v) is 9.30. The van der Waals surface area contributed by atoms with E-state index in [1.165, 1.54) is 18.5 Å². The van der Waals surface area contributed by atoms with Gasteiger partial charge in [-0.05, 0) is 70.3 Å². The molecule has 2 heterocycles. The first-order valence-electron chi connectivity index (χ1n) is 9.30. The van der Waals surface area contributed by atoms with Gasteiger partial charge in [0, 0.05) is 18.6 Å². The number of nitrogens with zero attached hydrogens (tertiary/aromatic N) is 1. The summed E-state index contributed by atoms with van der Waals surface area (Å²) < 4.78 is 11.2. The number of ether oxygens (including phenoxy) is 2. The van der Waals surface area contributed by atoms with E-state index in [4.69, 9.17) is 9.47 Å². The molecule has 0 spiro atoms. The van der Waals surface area contributed by atoms with Gasteiger partial charge in [-0.1, -0.05) is 12.1 Å². The highest BCUT2D eigenvalue weighted by atomic mass is 16.5. The zero-order valence-electron chi connectivity index (χ0n) is 15.5. The molecule has 1 unspecified atom stereocenters. The average molecular weight is 332 g/mol. The van der Waals surface area contributed by atoms with Gasteiger partial charge < -0.3 is 14.8 Å². The molecule has 4 nitrogen and oxygen atoms in total. The van der Waals surface area contributed by atoms with Crippen molar-refractivity contribution >= 4 is 0 Å². The lowest BCUT2D eigenvalue weighted by Gasteiger charge is -2.34. The number of hydrogen-bond donors (Lipinski definition) is 1. The van der Waals surface area contributed by atoms with Gasteiger partial charge in [0.25, 0.3) is 0 Å². The van der Waals surface area contributed by atoms with Crippen LogP contribution in [0.15, 0.2) is 24.3 Å². The predicted molar refractivity (Wildman–Crippen MR) is 97.5 cm³/mol. The van der Waals surface area contributed by atoms with Crippen molar-refractivity contribution in [1.29, 1.82) is 0 Å². The Kier molecular flexibility index (Phi) is 5.80. The first kappa shape index (κ1) is 17.7. The van der Waals surface area contributed by atoms with Crippen LogP contribution in [0.1, 0.15) is 44.7 Å². The molecule has 0 radical (unpaired) electrons. The monoisotopic (exact) mass is 332 g/mol. The Morgan fingerprint density at radius 3 is 2.46 bits per heavy atom. The van der Waals surface area contributed by atoms with E-state index in [0.29, 0.717) is 30.2 Å². The lowest BCUT2D eigenvalue weighted by atomic mass is 9.92. The largest absolute Gasteiger partial charge is 0.497 e. The van der Waals surface area contributed by atoms with Crippen LogP contribution in [0.3, 0.4) is 0 Å². The second-order valence-electron chi connectivity index (χ2n) is 7.58. The molecule has 0 amide bonds. The topological polar surface area (TPSA) is 33.7 Å². The maximum atomic E-state index is 5.86. The number of rotatable bonds is 5. The molecular weight excluding hydrogens is 300 g/mol. The number of likely N-dealkylation sites (tertiary alicyclic amines) is 1. The molecule has 2 fully saturated rings. The SMILES string of the molecule is COc1ccc([C@@H]2[C@H](CNC3C[C@@H](C)O[C@@H](C)C3)CCN2C)cc1. The third-order valence-electron chi connectivity index (χ3n) is 5.60. The lowest BCUT2D eigenvalue weighted by molar-refractivity contribution is -0.0425. The van der Waals surface area contributed by atoms with Crippen molar-refractivity contribution in [3.63, 3.8) is 0 Å². The van der Waals surface area contributed by atoms with Crippen LogP contribution >= 0.6 is 0 Å². The fourth-order valence-electron chi connectivity index (χ4n) is 4.46. The first-order chi connectivity index (χ1) is 11.6. The van der Waals surface area contributed by atoms with E-state index in [0.717, 1.165) is 25.1 Å². The quantitative estimate of drug-likeness (QED) is 0.897. The van der Waals surface area contributed by atoms with Crippen molar-refractivity contribution in [2.24, 2.45) is 5.92 Å². The molecule has 0 bridgehead atoms. The molecule has 3 rings (SSSR count). The molecule has 5 atom stereocenters. The van der Waals surface area contributed by atoms with E-state index in [2.05, 4.69) is 55.4 Å². The molecule has 134 valence electrons. The number of nitrogens with one attached hydrogen (secondary N) is 1. The van der Waals surface area contributed by atoms with Crippen molar-refractivity contribution in [3.8, 4) is 5.75 Å². The van der Waals surface area contributed by atoms with E-state index in [-0.39, 0.29) is 0 Å². The number of methoxy groups -OCH3 is 1. The van der Waals surface area contributed by atoms with Gasteiger partial charge in [-0.3, -0.25) is 4.90 Å². The van der Waals surface area contributed by atoms with Crippen LogP contribution < -0.4 is 10.1 Å². The maximum absolute atomic E-state index is 5.86. The van der Waals surface area contributed by atoms with Crippen LogP contribution in [0.4, 0.5) is 0 Å². The molecular formula is C20H32N2O2.